The van der Waals surface area contributed by atoms with Crippen LogP contribution in [0.1, 0.15) is 13.3 Å². The highest BCUT2D eigenvalue weighted by atomic mass is 16.3. The minimum absolute atomic E-state index is 0.112. The van der Waals surface area contributed by atoms with E-state index >= 15 is 0 Å². The Morgan fingerprint density at radius 1 is 1.60 bits per heavy atom. The van der Waals surface area contributed by atoms with Gasteiger partial charge >= 0.3 is 0 Å². The molecule has 0 radical (unpaired) electrons. The van der Waals surface area contributed by atoms with Crippen molar-refractivity contribution in [2.24, 2.45) is 5.73 Å². The van der Waals surface area contributed by atoms with Gasteiger partial charge in [0.05, 0.1) is 18.2 Å². The first-order chi connectivity index (χ1) is 4.57. The maximum absolute atomic E-state index is 9.95. The predicted octanol–water partition coefficient (Wildman–Crippen LogP) is -1.36. The van der Waals surface area contributed by atoms with Gasteiger partial charge in [-0.2, -0.15) is 0 Å². The Kier molecular flexibility index (Phi) is 4.18. The summed E-state index contributed by atoms with van der Waals surface area (Å²) in [5.41, 5.74) is 5.17. The van der Waals surface area contributed by atoms with Crippen molar-refractivity contribution in [1.82, 2.24) is 0 Å². The van der Waals surface area contributed by atoms with Gasteiger partial charge < -0.3 is 20.7 Å². The molecule has 4 nitrogen and oxygen atoms in total. The number of aliphatic hydroxyl groups is 2. The Labute approximate surface area is 59.7 Å². The van der Waals surface area contributed by atoms with Crippen molar-refractivity contribution < 1.29 is 15.0 Å². The number of aldehydes is 1. The molecule has 0 aliphatic carbocycles. The van der Waals surface area contributed by atoms with Crippen LogP contribution in [0.2, 0.25) is 0 Å². The van der Waals surface area contributed by atoms with E-state index in [2.05, 4.69) is 0 Å². The SMILES string of the molecule is CC(O)C(O)CC(N)C=O. The summed E-state index contributed by atoms with van der Waals surface area (Å²) in [7, 11) is 0. The summed E-state index contributed by atoms with van der Waals surface area (Å²) in [5, 5.41) is 17.7. The molecule has 3 atom stereocenters. The Hall–Kier alpha value is -0.450. The third-order valence-electron chi connectivity index (χ3n) is 1.25. The lowest BCUT2D eigenvalue weighted by Gasteiger charge is -2.14. The van der Waals surface area contributed by atoms with Crippen LogP contribution in [0, 0.1) is 0 Å². The first kappa shape index (κ1) is 9.55. The highest BCUT2D eigenvalue weighted by Crippen LogP contribution is 1.98. The van der Waals surface area contributed by atoms with Gasteiger partial charge in [0.1, 0.15) is 6.29 Å². The van der Waals surface area contributed by atoms with Crippen molar-refractivity contribution in [3.63, 3.8) is 0 Å². The van der Waals surface area contributed by atoms with E-state index in [1.165, 1.54) is 6.92 Å². The Balaban J connectivity index is 3.56. The molecule has 0 amide bonds. The first-order valence-corrected chi connectivity index (χ1v) is 3.15. The number of hydrogen-bond acceptors (Lipinski definition) is 4. The molecular formula is C6H13NO3. The van der Waals surface area contributed by atoms with Crippen LogP contribution in [-0.4, -0.2) is 34.7 Å². The standard InChI is InChI=1S/C6H13NO3/c1-4(9)6(10)2-5(7)3-8/h3-6,9-10H,2,7H2,1H3. The second kappa shape index (κ2) is 4.38. The summed E-state index contributed by atoms with van der Waals surface area (Å²) in [6, 6.07) is -0.676. The Bertz CT molecular complexity index is 105. The summed E-state index contributed by atoms with van der Waals surface area (Å²) in [6.07, 6.45) is -1.07. The van der Waals surface area contributed by atoms with Gasteiger partial charge in [-0.3, -0.25) is 0 Å². The number of carbonyl (C=O) groups is 1. The molecule has 0 aliphatic heterocycles. The zero-order valence-corrected chi connectivity index (χ0v) is 5.90. The number of rotatable bonds is 4. The average molecular weight is 147 g/mol. The molecule has 10 heavy (non-hydrogen) atoms. The minimum Gasteiger partial charge on any atom is -0.391 e. The van der Waals surface area contributed by atoms with E-state index in [4.69, 9.17) is 15.9 Å². The van der Waals surface area contributed by atoms with Crippen molar-refractivity contribution in [2.75, 3.05) is 0 Å². The fourth-order valence-electron chi connectivity index (χ4n) is 0.531. The third-order valence-corrected chi connectivity index (χ3v) is 1.25. The molecule has 0 aromatic heterocycles. The maximum atomic E-state index is 9.95. The third kappa shape index (κ3) is 3.55. The molecular weight excluding hydrogens is 134 g/mol. The van der Waals surface area contributed by atoms with E-state index in [-0.39, 0.29) is 6.42 Å². The second-order valence-electron chi connectivity index (χ2n) is 2.34. The number of carbonyl (C=O) groups excluding carboxylic acids is 1. The molecule has 0 heterocycles. The molecule has 0 saturated carbocycles. The van der Waals surface area contributed by atoms with Gasteiger partial charge in [0.2, 0.25) is 0 Å². The maximum Gasteiger partial charge on any atom is 0.136 e. The smallest absolute Gasteiger partial charge is 0.136 e. The second-order valence-corrected chi connectivity index (χ2v) is 2.34. The van der Waals surface area contributed by atoms with Gasteiger partial charge in [-0.25, -0.2) is 0 Å². The molecule has 0 bridgehead atoms. The lowest BCUT2D eigenvalue weighted by Crippen LogP contribution is -2.32. The highest BCUT2D eigenvalue weighted by molar-refractivity contribution is 5.56. The van der Waals surface area contributed by atoms with Gasteiger partial charge in [-0.15, -0.1) is 0 Å². The topological polar surface area (TPSA) is 83.6 Å². The molecule has 0 aromatic rings. The van der Waals surface area contributed by atoms with E-state index < -0.39 is 18.2 Å². The van der Waals surface area contributed by atoms with E-state index in [1.54, 1.807) is 0 Å². The molecule has 0 aromatic carbocycles. The van der Waals surface area contributed by atoms with Gasteiger partial charge in [0.15, 0.2) is 0 Å². The van der Waals surface area contributed by atoms with Crippen molar-refractivity contribution in [1.29, 1.82) is 0 Å². The van der Waals surface area contributed by atoms with E-state index in [0.29, 0.717) is 6.29 Å². The lowest BCUT2D eigenvalue weighted by atomic mass is 10.1. The quantitative estimate of drug-likeness (QED) is 0.429. The molecule has 0 rings (SSSR count). The Morgan fingerprint density at radius 3 is 2.40 bits per heavy atom. The molecule has 4 N–H and O–H groups in total. The fraction of sp³-hybridized carbons (Fsp3) is 0.833. The van der Waals surface area contributed by atoms with E-state index in [0.717, 1.165) is 0 Å². The highest BCUT2D eigenvalue weighted by Gasteiger charge is 2.14. The van der Waals surface area contributed by atoms with Gasteiger partial charge in [0, 0.05) is 0 Å². The van der Waals surface area contributed by atoms with E-state index in [9.17, 15) is 4.79 Å². The number of hydrogen-bond donors (Lipinski definition) is 3. The molecule has 60 valence electrons. The van der Waals surface area contributed by atoms with Crippen LogP contribution >= 0.6 is 0 Å². The monoisotopic (exact) mass is 147 g/mol. The zero-order valence-electron chi connectivity index (χ0n) is 5.90. The van der Waals surface area contributed by atoms with Crippen LogP contribution in [0.4, 0.5) is 0 Å². The number of nitrogens with two attached hydrogens (primary N) is 1. The molecule has 0 fully saturated rings. The fourth-order valence-corrected chi connectivity index (χ4v) is 0.531. The minimum atomic E-state index is -0.903. The van der Waals surface area contributed by atoms with E-state index in [1.807, 2.05) is 0 Å². The summed E-state index contributed by atoms with van der Waals surface area (Å²) in [5.74, 6) is 0. The van der Waals surface area contributed by atoms with Crippen molar-refractivity contribution in [3.05, 3.63) is 0 Å². The molecule has 0 saturated heterocycles. The van der Waals surface area contributed by atoms with Crippen LogP contribution in [0.15, 0.2) is 0 Å². The van der Waals surface area contributed by atoms with Gasteiger partial charge in [-0.05, 0) is 13.3 Å². The van der Waals surface area contributed by atoms with Gasteiger partial charge in [0.25, 0.3) is 0 Å². The molecule has 0 spiro atoms. The van der Waals surface area contributed by atoms with Crippen LogP contribution in [-0.2, 0) is 4.79 Å². The van der Waals surface area contributed by atoms with Crippen molar-refractivity contribution in [3.8, 4) is 0 Å². The number of aliphatic hydroxyl groups excluding tert-OH is 2. The summed E-state index contributed by atoms with van der Waals surface area (Å²) < 4.78 is 0. The van der Waals surface area contributed by atoms with Crippen LogP contribution in [0.3, 0.4) is 0 Å². The first-order valence-electron chi connectivity index (χ1n) is 3.15. The van der Waals surface area contributed by atoms with Gasteiger partial charge in [-0.1, -0.05) is 0 Å². The largest absolute Gasteiger partial charge is 0.391 e. The van der Waals surface area contributed by atoms with Crippen LogP contribution < -0.4 is 5.73 Å². The molecule has 3 unspecified atom stereocenters. The van der Waals surface area contributed by atoms with Crippen molar-refractivity contribution in [2.45, 2.75) is 31.6 Å². The molecule has 4 heteroatoms. The summed E-state index contributed by atoms with van der Waals surface area (Å²) in [6.45, 7) is 1.45. The van der Waals surface area contributed by atoms with Crippen molar-refractivity contribution >= 4 is 6.29 Å². The Morgan fingerprint density at radius 2 is 2.10 bits per heavy atom. The van der Waals surface area contributed by atoms with Crippen LogP contribution in [0.5, 0.6) is 0 Å². The summed E-state index contributed by atoms with van der Waals surface area (Å²) in [4.78, 5) is 9.95. The molecule has 0 aliphatic rings. The normalized spacial score (nSPS) is 19.6. The lowest BCUT2D eigenvalue weighted by molar-refractivity contribution is -0.109. The summed E-state index contributed by atoms with van der Waals surface area (Å²) >= 11 is 0. The zero-order chi connectivity index (χ0) is 8.15. The van der Waals surface area contributed by atoms with Crippen LogP contribution in [0.25, 0.3) is 0 Å². The average Bonchev–Trinajstić information content (AvgIpc) is 1.87. The predicted molar refractivity (Wildman–Crippen MR) is 36.3 cm³/mol.